The van der Waals surface area contributed by atoms with Gasteiger partial charge in [0.1, 0.15) is 6.10 Å². The highest BCUT2D eigenvalue weighted by Crippen LogP contribution is 2.22. The quantitative estimate of drug-likeness (QED) is 0.926. The first kappa shape index (κ1) is 17.0. The third-order valence-corrected chi connectivity index (χ3v) is 4.23. The lowest BCUT2D eigenvalue weighted by Gasteiger charge is -2.27. The van der Waals surface area contributed by atoms with Crippen LogP contribution in [0, 0.1) is 0 Å². The lowest BCUT2D eigenvalue weighted by atomic mass is 9.98. The second kappa shape index (κ2) is 8.34. The zero-order valence-electron chi connectivity index (χ0n) is 12.8. The van der Waals surface area contributed by atoms with Gasteiger partial charge in [-0.3, -0.25) is 4.79 Å². The first-order chi connectivity index (χ1) is 10.3. The lowest BCUT2D eigenvalue weighted by molar-refractivity contribution is 0.0734. The number of nitrogens with zero attached hydrogens (tertiary/aromatic N) is 2. The summed E-state index contributed by atoms with van der Waals surface area (Å²) in [6.07, 6.45) is 7.88. The van der Waals surface area contributed by atoms with Crippen molar-refractivity contribution in [3.63, 3.8) is 0 Å². The van der Waals surface area contributed by atoms with Gasteiger partial charge in [0.2, 0.25) is 5.88 Å². The summed E-state index contributed by atoms with van der Waals surface area (Å²) in [6.45, 7) is 3.25. The zero-order valence-corrected chi connectivity index (χ0v) is 13.6. The van der Waals surface area contributed by atoms with Gasteiger partial charge in [-0.2, -0.15) is 0 Å². The molecule has 5 nitrogen and oxygen atoms in total. The van der Waals surface area contributed by atoms with E-state index in [2.05, 4.69) is 10.3 Å². The largest absolute Gasteiger partial charge is 0.474 e. The van der Waals surface area contributed by atoms with E-state index in [0.29, 0.717) is 11.4 Å². The summed E-state index contributed by atoms with van der Waals surface area (Å²) in [7, 11) is 0. The number of piperazine rings is 1. The van der Waals surface area contributed by atoms with Crippen LogP contribution in [-0.4, -0.2) is 48.1 Å². The maximum absolute atomic E-state index is 12.5. The van der Waals surface area contributed by atoms with Crippen molar-refractivity contribution in [1.82, 2.24) is 15.2 Å². The van der Waals surface area contributed by atoms with Gasteiger partial charge in [-0.25, -0.2) is 4.98 Å². The van der Waals surface area contributed by atoms with Crippen LogP contribution in [0.25, 0.3) is 0 Å². The van der Waals surface area contributed by atoms with Gasteiger partial charge in [0.25, 0.3) is 5.91 Å². The molecular formula is C16H24ClN3O2. The summed E-state index contributed by atoms with van der Waals surface area (Å²) in [5.41, 5.74) is 0.678. The maximum atomic E-state index is 12.5. The van der Waals surface area contributed by atoms with E-state index < -0.39 is 0 Å². The van der Waals surface area contributed by atoms with Gasteiger partial charge in [0.05, 0.1) is 0 Å². The number of aromatic nitrogens is 1. The van der Waals surface area contributed by atoms with E-state index in [1.54, 1.807) is 18.3 Å². The first-order valence-electron chi connectivity index (χ1n) is 7.95. The Morgan fingerprint density at radius 3 is 2.68 bits per heavy atom. The van der Waals surface area contributed by atoms with Crippen LogP contribution >= 0.6 is 12.4 Å². The monoisotopic (exact) mass is 325 g/mol. The molecule has 1 aromatic heterocycles. The Hall–Kier alpha value is -1.33. The molecule has 2 fully saturated rings. The summed E-state index contributed by atoms with van der Waals surface area (Å²) >= 11 is 0. The Morgan fingerprint density at radius 1 is 1.23 bits per heavy atom. The number of halogens is 1. The molecule has 1 saturated carbocycles. The molecule has 0 unspecified atom stereocenters. The average Bonchev–Trinajstić information content (AvgIpc) is 2.56. The van der Waals surface area contributed by atoms with Crippen molar-refractivity contribution in [3.05, 3.63) is 23.9 Å². The number of ether oxygens (including phenoxy) is 1. The number of carbonyl (C=O) groups is 1. The van der Waals surface area contributed by atoms with Crippen molar-refractivity contribution in [3.8, 4) is 5.88 Å². The SMILES string of the molecule is Cl.O=C(c1ccnc(OC2CCCCC2)c1)N1CCNCC1. The van der Waals surface area contributed by atoms with Crippen LogP contribution in [0.3, 0.4) is 0 Å². The molecule has 1 amide bonds. The molecular weight excluding hydrogens is 302 g/mol. The summed E-state index contributed by atoms with van der Waals surface area (Å²) in [5, 5.41) is 3.26. The second-order valence-electron chi connectivity index (χ2n) is 5.80. The molecule has 6 heteroatoms. The van der Waals surface area contributed by atoms with E-state index in [1.807, 2.05) is 4.90 Å². The van der Waals surface area contributed by atoms with Gasteiger partial charge in [-0.1, -0.05) is 6.42 Å². The average molecular weight is 326 g/mol. The fourth-order valence-electron chi connectivity index (χ4n) is 3.01. The molecule has 1 N–H and O–H groups in total. The Balaban J connectivity index is 0.00000176. The van der Waals surface area contributed by atoms with E-state index in [1.165, 1.54) is 19.3 Å². The molecule has 2 heterocycles. The smallest absolute Gasteiger partial charge is 0.254 e. The number of carbonyl (C=O) groups excluding carboxylic acids is 1. The molecule has 0 radical (unpaired) electrons. The predicted octanol–water partition coefficient (Wildman–Crippen LogP) is 2.26. The Morgan fingerprint density at radius 2 is 1.95 bits per heavy atom. The van der Waals surface area contributed by atoms with Crippen molar-refractivity contribution in [1.29, 1.82) is 0 Å². The highest BCUT2D eigenvalue weighted by atomic mass is 35.5. The minimum absolute atomic E-state index is 0. The normalized spacial score (nSPS) is 19.4. The Labute approximate surface area is 137 Å². The second-order valence-corrected chi connectivity index (χ2v) is 5.80. The Kier molecular flexibility index (Phi) is 6.46. The van der Waals surface area contributed by atoms with E-state index in [9.17, 15) is 4.79 Å². The predicted molar refractivity (Wildman–Crippen MR) is 87.8 cm³/mol. The van der Waals surface area contributed by atoms with E-state index in [0.717, 1.165) is 39.0 Å². The Bertz CT molecular complexity index is 486. The highest BCUT2D eigenvalue weighted by molar-refractivity contribution is 5.94. The number of nitrogens with one attached hydrogen (secondary N) is 1. The fraction of sp³-hybridized carbons (Fsp3) is 0.625. The van der Waals surface area contributed by atoms with Crippen LogP contribution in [0.15, 0.2) is 18.3 Å². The molecule has 122 valence electrons. The van der Waals surface area contributed by atoms with Crippen molar-refractivity contribution in [2.75, 3.05) is 26.2 Å². The van der Waals surface area contributed by atoms with Gasteiger partial charge < -0.3 is 15.0 Å². The van der Waals surface area contributed by atoms with Crippen molar-refractivity contribution >= 4 is 18.3 Å². The summed E-state index contributed by atoms with van der Waals surface area (Å²) < 4.78 is 5.94. The molecule has 1 aliphatic carbocycles. The van der Waals surface area contributed by atoms with Crippen LogP contribution in [0.4, 0.5) is 0 Å². The van der Waals surface area contributed by atoms with E-state index in [-0.39, 0.29) is 24.4 Å². The third-order valence-electron chi connectivity index (χ3n) is 4.23. The number of rotatable bonds is 3. The van der Waals surface area contributed by atoms with Crippen molar-refractivity contribution < 1.29 is 9.53 Å². The van der Waals surface area contributed by atoms with Gasteiger partial charge in [0, 0.05) is 44.0 Å². The first-order valence-corrected chi connectivity index (χ1v) is 7.95. The number of pyridine rings is 1. The van der Waals surface area contributed by atoms with Gasteiger partial charge in [0.15, 0.2) is 0 Å². The standard InChI is InChI=1S/C16H23N3O2.ClH/c20-16(19-10-8-17-9-11-19)13-6-7-18-15(12-13)21-14-4-2-1-3-5-14;/h6-7,12,14,17H,1-5,8-11H2;1H. The van der Waals surface area contributed by atoms with Crippen LogP contribution in [-0.2, 0) is 0 Å². The molecule has 0 aromatic carbocycles. The highest BCUT2D eigenvalue weighted by Gasteiger charge is 2.20. The molecule has 22 heavy (non-hydrogen) atoms. The molecule has 1 saturated heterocycles. The minimum Gasteiger partial charge on any atom is -0.474 e. The number of hydrogen-bond donors (Lipinski definition) is 1. The lowest BCUT2D eigenvalue weighted by Crippen LogP contribution is -2.46. The van der Waals surface area contributed by atoms with E-state index in [4.69, 9.17) is 4.74 Å². The third kappa shape index (κ3) is 4.34. The minimum atomic E-state index is 0. The van der Waals surface area contributed by atoms with Crippen LogP contribution in [0.1, 0.15) is 42.5 Å². The van der Waals surface area contributed by atoms with Crippen LogP contribution in [0.2, 0.25) is 0 Å². The van der Waals surface area contributed by atoms with Gasteiger partial charge in [-0.05, 0) is 31.7 Å². The summed E-state index contributed by atoms with van der Waals surface area (Å²) in [6, 6.07) is 3.57. The van der Waals surface area contributed by atoms with E-state index >= 15 is 0 Å². The van der Waals surface area contributed by atoms with Crippen LogP contribution < -0.4 is 10.1 Å². The van der Waals surface area contributed by atoms with Gasteiger partial charge >= 0.3 is 0 Å². The fourth-order valence-corrected chi connectivity index (χ4v) is 3.01. The maximum Gasteiger partial charge on any atom is 0.254 e. The van der Waals surface area contributed by atoms with Crippen molar-refractivity contribution in [2.45, 2.75) is 38.2 Å². The zero-order chi connectivity index (χ0) is 14.5. The molecule has 1 aromatic rings. The molecule has 0 bridgehead atoms. The summed E-state index contributed by atoms with van der Waals surface area (Å²) in [4.78, 5) is 18.6. The number of hydrogen-bond acceptors (Lipinski definition) is 4. The molecule has 2 aliphatic rings. The molecule has 0 atom stereocenters. The number of amides is 1. The van der Waals surface area contributed by atoms with Gasteiger partial charge in [-0.15, -0.1) is 12.4 Å². The molecule has 3 rings (SSSR count). The summed E-state index contributed by atoms with van der Waals surface area (Å²) in [5.74, 6) is 0.662. The molecule has 0 spiro atoms. The van der Waals surface area contributed by atoms with Crippen LogP contribution in [0.5, 0.6) is 5.88 Å². The molecule has 1 aliphatic heterocycles. The topological polar surface area (TPSA) is 54.5 Å². The van der Waals surface area contributed by atoms with Crippen molar-refractivity contribution in [2.24, 2.45) is 0 Å².